The monoisotopic (exact) mass is 239 g/mol. The number of hydrogen-bond acceptors (Lipinski definition) is 3. The maximum atomic E-state index is 4.50. The minimum atomic E-state index is 0.702. The summed E-state index contributed by atoms with van der Waals surface area (Å²) in [5.41, 5.74) is 3.60. The van der Waals surface area contributed by atoms with Crippen molar-refractivity contribution < 1.29 is 0 Å². The molecule has 1 aromatic carbocycles. The van der Waals surface area contributed by atoms with E-state index in [4.69, 9.17) is 0 Å². The molecule has 92 valence electrons. The molecule has 3 heteroatoms. The molecular weight excluding hydrogens is 222 g/mol. The molecule has 1 aliphatic carbocycles. The summed E-state index contributed by atoms with van der Waals surface area (Å²) in [5, 5.41) is 3.12. The molecule has 0 unspecified atom stereocenters. The Morgan fingerprint density at radius 2 is 1.89 bits per heavy atom. The van der Waals surface area contributed by atoms with Crippen LogP contribution in [0.1, 0.15) is 30.7 Å². The van der Waals surface area contributed by atoms with Crippen molar-refractivity contribution in [2.24, 2.45) is 0 Å². The zero-order chi connectivity index (χ0) is 12.4. The smallest absolute Gasteiger partial charge is 0.152 e. The van der Waals surface area contributed by atoms with E-state index in [0.29, 0.717) is 5.92 Å². The molecule has 18 heavy (non-hydrogen) atoms. The Labute approximate surface area is 107 Å². The molecule has 0 atom stereocenters. The first-order valence-electron chi connectivity index (χ1n) is 6.48. The van der Waals surface area contributed by atoms with E-state index in [2.05, 4.69) is 39.6 Å². The summed E-state index contributed by atoms with van der Waals surface area (Å²) in [4.78, 5) is 8.84. The maximum Gasteiger partial charge on any atom is 0.152 e. The van der Waals surface area contributed by atoms with Gasteiger partial charge in [0, 0.05) is 25.0 Å². The van der Waals surface area contributed by atoms with Gasteiger partial charge in [0.05, 0.1) is 0 Å². The summed E-state index contributed by atoms with van der Waals surface area (Å²) in [6, 6.07) is 8.57. The summed E-state index contributed by atoms with van der Waals surface area (Å²) in [6.07, 6.45) is 7.42. The van der Waals surface area contributed by atoms with E-state index in [0.717, 1.165) is 11.5 Å². The van der Waals surface area contributed by atoms with Crippen molar-refractivity contribution in [1.29, 1.82) is 0 Å². The molecule has 1 aromatic heterocycles. The fourth-order valence-electron chi connectivity index (χ4n) is 2.51. The lowest BCUT2D eigenvalue weighted by molar-refractivity contribution is 0.420. The fourth-order valence-corrected chi connectivity index (χ4v) is 2.51. The second-order valence-corrected chi connectivity index (χ2v) is 4.72. The molecule has 0 spiro atoms. The van der Waals surface area contributed by atoms with Crippen molar-refractivity contribution in [1.82, 2.24) is 9.97 Å². The van der Waals surface area contributed by atoms with Crippen LogP contribution in [0.2, 0.25) is 0 Å². The lowest BCUT2D eigenvalue weighted by Crippen LogP contribution is -2.10. The number of benzene rings is 1. The normalized spacial score (nSPS) is 15.2. The van der Waals surface area contributed by atoms with Crippen LogP contribution in [-0.2, 0) is 0 Å². The molecule has 1 fully saturated rings. The van der Waals surface area contributed by atoms with E-state index in [1.807, 2.05) is 7.05 Å². The average Bonchev–Trinajstić information content (AvgIpc) is 2.37. The third-order valence-electron chi connectivity index (χ3n) is 3.70. The molecule has 3 nitrogen and oxygen atoms in total. The highest BCUT2D eigenvalue weighted by molar-refractivity contribution is 5.74. The van der Waals surface area contributed by atoms with Crippen molar-refractivity contribution in [3.05, 3.63) is 42.2 Å². The minimum absolute atomic E-state index is 0.702. The topological polar surface area (TPSA) is 37.8 Å². The Bertz CT molecular complexity index is 547. The molecule has 1 heterocycles. The lowest BCUT2D eigenvalue weighted by atomic mass is 9.78. The molecule has 0 amide bonds. The first kappa shape index (κ1) is 11.2. The summed E-state index contributed by atoms with van der Waals surface area (Å²) in [6.45, 7) is 0. The van der Waals surface area contributed by atoms with Crippen molar-refractivity contribution >= 4 is 5.82 Å². The summed E-state index contributed by atoms with van der Waals surface area (Å²) in [5.74, 6) is 1.55. The molecule has 0 aliphatic heterocycles. The van der Waals surface area contributed by atoms with Crippen LogP contribution in [0.3, 0.4) is 0 Å². The van der Waals surface area contributed by atoms with Gasteiger partial charge < -0.3 is 5.32 Å². The van der Waals surface area contributed by atoms with Crippen molar-refractivity contribution in [3.8, 4) is 11.3 Å². The third kappa shape index (κ3) is 1.86. The molecule has 2 aromatic rings. The van der Waals surface area contributed by atoms with Crippen LogP contribution in [0.15, 0.2) is 36.7 Å². The number of hydrogen-bond donors (Lipinski definition) is 1. The second kappa shape index (κ2) is 4.77. The zero-order valence-corrected chi connectivity index (χ0v) is 10.6. The van der Waals surface area contributed by atoms with Crippen LogP contribution in [0.5, 0.6) is 0 Å². The largest absolute Gasteiger partial charge is 0.371 e. The van der Waals surface area contributed by atoms with Crippen molar-refractivity contribution in [2.75, 3.05) is 12.4 Å². The van der Waals surface area contributed by atoms with Crippen LogP contribution >= 0.6 is 0 Å². The quantitative estimate of drug-likeness (QED) is 0.891. The van der Waals surface area contributed by atoms with Crippen molar-refractivity contribution in [2.45, 2.75) is 25.2 Å². The Morgan fingerprint density at radius 1 is 1.11 bits per heavy atom. The average molecular weight is 239 g/mol. The van der Waals surface area contributed by atoms with Gasteiger partial charge in [0.1, 0.15) is 5.69 Å². The van der Waals surface area contributed by atoms with E-state index in [1.54, 1.807) is 12.4 Å². The Kier molecular flexibility index (Phi) is 2.97. The Morgan fingerprint density at radius 3 is 2.61 bits per heavy atom. The van der Waals surface area contributed by atoms with Crippen molar-refractivity contribution in [3.63, 3.8) is 0 Å². The number of aromatic nitrogens is 2. The summed E-state index contributed by atoms with van der Waals surface area (Å²) >= 11 is 0. The van der Waals surface area contributed by atoms with Crippen LogP contribution in [0.4, 0.5) is 5.82 Å². The van der Waals surface area contributed by atoms with Crippen LogP contribution in [0.25, 0.3) is 11.3 Å². The van der Waals surface area contributed by atoms with E-state index < -0.39 is 0 Å². The van der Waals surface area contributed by atoms with Gasteiger partial charge in [-0.05, 0) is 24.3 Å². The molecule has 1 N–H and O–H groups in total. The molecular formula is C15H17N3. The molecule has 3 rings (SSSR count). The van der Waals surface area contributed by atoms with E-state index in [9.17, 15) is 0 Å². The first-order valence-corrected chi connectivity index (χ1v) is 6.48. The van der Waals surface area contributed by atoms with Gasteiger partial charge in [-0.1, -0.05) is 30.7 Å². The molecule has 1 saturated carbocycles. The van der Waals surface area contributed by atoms with Gasteiger partial charge in [-0.25, -0.2) is 4.98 Å². The molecule has 1 aliphatic rings. The fraction of sp³-hybridized carbons (Fsp3) is 0.333. The summed E-state index contributed by atoms with van der Waals surface area (Å²) in [7, 11) is 1.89. The standard InChI is InChI=1S/C15H17N3/c1-16-15-14(17-9-10-18-15)13-8-3-2-7-12(13)11-5-4-6-11/h2-3,7-11H,4-6H2,1H3,(H,16,18). The van der Waals surface area contributed by atoms with E-state index >= 15 is 0 Å². The molecule has 0 saturated heterocycles. The predicted octanol–water partition coefficient (Wildman–Crippen LogP) is 3.45. The highest BCUT2D eigenvalue weighted by Gasteiger charge is 2.23. The highest BCUT2D eigenvalue weighted by Crippen LogP contribution is 2.41. The SMILES string of the molecule is CNc1nccnc1-c1ccccc1C1CCC1. The van der Waals surface area contributed by atoms with Gasteiger partial charge in [-0.15, -0.1) is 0 Å². The first-order chi connectivity index (χ1) is 8.90. The molecule has 0 bridgehead atoms. The lowest BCUT2D eigenvalue weighted by Gasteiger charge is -2.28. The van der Waals surface area contributed by atoms with Crippen LogP contribution in [-0.4, -0.2) is 17.0 Å². The predicted molar refractivity (Wildman–Crippen MR) is 73.6 cm³/mol. The van der Waals surface area contributed by atoms with Crippen LogP contribution in [0, 0.1) is 0 Å². The number of nitrogens with zero attached hydrogens (tertiary/aromatic N) is 2. The summed E-state index contributed by atoms with van der Waals surface area (Å²) < 4.78 is 0. The van der Waals surface area contributed by atoms with Gasteiger partial charge in [0.2, 0.25) is 0 Å². The van der Waals surface area contributed by atoms with Gasteiger partial charge in [-0.3, -0.25) is 4.98 Å². The zero-order valence-electron chi connectivity index (χ0n) is 10.6. The number of nitrogens with one attached hydrogen (secondary N) is 1. The van der Waals surface area contributed by atoms with Crippen LogP contribution < -0.4 is 5.32 Å². The molecule has 0 radical (unpaired) electrons. The minimum Gasteiger partial charge on any atom is -0.371 e. The maximum absolute atomic E-state index is 4.50. The van der Waals surface area contributed by atoms with E-state index in [-0.39, 0.29) is 0 Å². The number of anilines is 1. The highest BCUT2D eigenvalue weighted by atomic mass is 15.0. The van der Waals surface area contributed by atoms with Gasteiger partial charge in [-0.2, -0.15) is 0 Å². The third-order valence-corrected chi connectivity index (χ3v) is 3.70. The Hall–Kier alpha value is -1.90. The van der Waals surface area contributed by atoms with Gasteiger partial charge in [0.15, 0.2) is 5.82 Å². The Balaban J connectivity index is 2.10. The van der Waals surface area contributed by atoms with Gasteiger partial charge in [0.25, 0.3) is 0 Å². The van der Waals surface area contributed by atoms with Gasteiger partial charge >= 0.3 is 0 Å². The second-order valence-electron chi connectivity index (χ2n) is 4.72. The number of rotatable bonds is 3. The van der Waals surface area contributed by atoms with E-state index in [1.165, 1.54) is 30.4 Å².